The lowest BCUT2D eigenvalue weighted by atomic mass is 9.97. The first-order valence-corrected chi connectivity index (χ1v) is 43.8. The highest BCUT2D eigenvalue weighted by molar-refractivity contribution is 8.00. The molecule has 3 saturated heterocycles. The minimum atomic E-state index is -0.846. The fourth-order valence-corrected chi connectivity index (χ4v) is 22.0. The molecular formula is C87H98Cl2F5N15O9S3. The Balaban J connectivity index is 0.000000157. The largest absolute Gasteiger partial charge is 0.374 e. The summed E-state index contributed by atoms with van der Waals surface area (Å²) in [4.78, 5) is 106. The van der Waals surface area contributed by atoms with Crippen molar-refractivity contribution in [3.8, 4) is 33.4 Å². The molecule has 0 saturated carbocycles. The predicted octanol–water partition coefficient (Wildman–Crippen LogP) is 12.3. The van der Waals surface area contributed by atoms with Crippen molar-refractivity contribution in [2.45, 2.75) is 151 Å². The summed E-state index contributed by atoms with van der Waals surface area (Å²) in [6.45, 7) is 34.3. The van der Waals surface area contributed by atoms with Crippen molar-refractivity contribution >= 4 is 126 Å². The topological polar surface area (TPSA) is 281 Å². The Labute approximate surface area is 720 Å². The smallest absolute Gasteiger partial charge is 0.350 e. The van der Waals surface area contributed by atoms with Crippen molar-refractivity contribution in [1.29, 1.82) is 0 Å². The molecule has 121 heavy (non-hydrogen) atoms. The van der Waals surface area contributed by atoms with Gasteiger partial charge in [0.15, 0.2) is 0 Å². The van der Waals surface area contributed by atoms with Gasteiger partial charge in [-0.1, -0.05) is 49.0 Å². The number of nitrogens with two attached hydrogens (primary N) is 3. The van der Waals surface area contributed by atoms with Gasteiger partial charge in [-0.25, -0.2) is 36.3 Å². The van der Waals surface area contributed by atoms with Crippen LogP contribution in [0.3, 0.4) is 0 Å². The van der Waals surface area contributed by atoms with Crippen LogP contribution < -0.4 is 49.0 Å². The SMILES string of the molecule is C=CC(=O)N1[C@H](C)CN(c2nc(=O)n3c4c(c(-c5cc(Cl)c(F)cc5F)c(C)cc24)SCC(OCCN)C3)C[C@@H]1C.C=CC(=O)N1[C@H](C)CN(c2nc(=O)n3c4c(c(-c5ccc(F)c(Cl)c5)c(C)cc24)SCC(OCCN)C3)C[C@@H]1C.C=CC(=O)N1[C@H](C)CN(c2nc(=O)n3c4c(c(-c5ccc(F)cc5F)c(C)cc24)SCC(OCCN)C3)C[C@@H]1C. The summed E-state index contributed by atoms with van der Waals surface area (Å²) in [5.74, 6) is -0.589. The van der Waals surface area contributed by atoms with Crippen molar-refractivity contribution < 1.29 is 50.5 Å². The molecule has 9 heterocycles. The number of benzene rings is 6. The van der Waals surface area contributed by atoms with Crippen LogP contribution in [0.5, 0.6) is 0 Å². The molecule has 15 rings (SSSR count). The molecular weight excluding hydrogens is 1660 g/mol. The van der Waals surface area contributed by atoms with E-state index < -0.39 is 40.5 Å². The van der Waals surface area contributed by atoms with Gasteiger partial charge in [0.05, 0.1) is 84.4 Å². The van der Waals surface area contributed by atoms with Crippen LogP contribution in [0.4, 0.5) is 39.4 Å². The van der Waals surface area contributed by atoms with Crippen LogP contribution in [-0.4, -0.2) is 212 Å². The van der Waals surface area contributed by atoms with Crippen molar-refractivity contribution in [3.63, 3.8) is 0 Å². The molecule has 0 aliphatic carbocycles. The number of carbonyl (C=O) groups is 3. The zero-order valence-electron chi connectivity index (χ0n) is 68.8. The third-order valence-electron chi connectivity index (χ3n) is 22.6. The molecule has 9 atom stereocenters. The molecule has 3 fully saturated rings. The zero-order chi connectivity index (χ0) is 87.0. The van der Waals surface area contributed by atoms with Gasteiger partial charge in [-0.3, -0.25) is 28.1 Å². The van der Waals surface area contributed by atoms with E-state index >= 15 is 8.78 Å². The van der Waals surface area contributed by atoms with Gasteiger partial charge in [-0.2, -0.15) is 15.0 Å². The van der Waals surface area contributed by atoms with Crippen LogP contribution >= 0.6 is 58.5 Å². The number of amides is 3. The van der Waals surface area contributed by atoms with Gasteiger partial charge in [-0.15, -0.1) is 35.3 Å². The number of nitrogens with zero attached hydrogens (tertiary/aromatic N) is 12. The summed E-state index contributed by atoms with van der Waals surface area (Å²) in [7, 11) is 0. The number of rotatable bonds is 18. The molecule has 642 valence electrons. The first-order valence-electron chi connectivity index (χ1n) is 40.1. The van der Waals surface area contributed by atoms with E-state index in [0.717, 1.165) is 71.4 Å². The molecule has 0 radical (unpaired) electrons. The quantitative estimate of drug-likeness (QED) is 0.0409. The fraction of sp³-hybridized carbons (Fsp3) is 0.414. The second kappa shape index (κ2) is 37.9. The molecule has 6 aliphatic rings. The Kier molecular flexibility index (Phi) is 28.0. The first kappa shape index (κ1) is 89.6. The normalized spacial score (nSPS) is 20.9. The summed E-state index contributed by atoms with van der Waals surface area (Å²) < 4.78 is 95.2. The Morgan fingerprint density at radius 3 is 1.11 bits per heavy atom. The van der Waals surface area contributed by atoms with E-state index in [2.05, 4.69) is 39.6 Å². The van der Waals surface area contributed by atoms with Gasteiger partial charge in [0.1, 0.15) is 46.5 Å². The summed E-state index contributed by atoms with van der Waals surface area (Å²) in [5.41, 5.74) is 23.5. The predicted molar refractivity (Wildman–Crippen MR) is 471 cm³/mol. The number of halogens is 7. The second-order valence-electron chi connectivity index (χ2n) is 31.3. The van der Waals surface area contributed by atoms with Crippen LogP contribution in [0.15, 0.2) is 134 Å². The zero-order valence-corrected chi connectivity index (χ0v) is 72.7. The highest BCUT2D eigenvalue weighted by atomic mass is 35.5. The van der Waals surface area contributed by atoms with Crippen LogP contribution in [0, 0.1) is 49.9 Å². The molecule has 3 unspecified atom stereocenters. The molecule has 9 aromatic rings. The van der Waals surface area contributed by atoms with Crippen LogP contribution in [-0.2, 0) is 48.2 Å². The van der Waals surface area contributed by atoms with E-state index in [4.69, 9.17) is 54.6 Å². The minimum Gasteiger partial charge on any atom is -0.374 e. The minimum absolute atomic E-state index is 0.0368. The number of thioether (sulfide) groups is 3. The number of anilines is 3. The molecule has 6 N–H and O–H groups in total. The third kappa shape index (κ3) is 18.0. The number of hydrogen-bond donors (Lipinski definition) is 3. The highest BCUT2D eigenvalue weighted by Crippen LogP contribution is 2.49. The van der Waals surface area contributed by atoms with Crippen molar-refractivity contribution in [1.82, 2.24) is 43.4 Å². The van der Waals surface area contributed by atoms with E-state index in [1.807, 2.05) is 95.2 Å². The second-order valence-corrected chi connectivity index (χ2v) is 35.2. The standard InChI is InChI=1S/C29H32ClF2N5O3S.C29H33ClFN5O3S.C29H33F2N5O3S/c1-5-24(38)37-16(3)11-35(12-17(37)4)28-20-8-15(2)25(19-9-21(30)23(32)10-22(19)31)27-26(20)36(29(39)34-28)13-18(14-41-27)40-7-6-33;1-5-24(37)36-17(3)12-34(13-18(36)4)28-21-10-16(2)25(19-6-7-23(31)22(30)11-19)27-26(21)35(29(38)33-28)14-20(15-40-27)39-9-8-32;1-5-24(37)36-17(3)12-34(13-18(36)4)28-22-10-16(2)25(21-7-6-19(30)11-23(21)31)27-26(22)35(29(38)33-28)14-20(15-40-27)39-9-8-32/h5,8-10,16-18H,1,6-7,11-14,33H2,2-4H3;2*5-7,10-11,17-18,20H,1,8-9,12-15,32H2,2-4H3/t16-,17+,18?;2*17-,18+,20?. The van der Waals surface area contributed by atoms with E-state index in [1.165, 1.54) is 66.0 Å². The maximum Gasteiger partial charge on any atom is 0.350 e. The van der Waals surface area contributed by atoms with Gasteiger partial charge in [0, 0.05) is 183 Å². The Morgan fingerprint density at radius 2 is 0.769 bits per heavy atom. The lowest BCUT2D eigenvalue weighted by Gasteiger charge is -2.44. The number of ether oxygens (including phenoxy) is 3. The van der Waals surface area contributed by atoms with Crippen molar-refractivity contribution in [2.75, 3.05) is 111 Å². The van der Waals surface area contributed by atoms with E-state index in [0.29, 0.717) is 147 Å². The summed E-state index contributed by atoms with van der Waals surface area (Å²) >= 11 is 16.8. The number of hydrogen-bond acceptors (Lipinski definition) is 21. The lowest BCUT2D eigenvalue weighted by molar-refractivity contribution is -0.131. The summed E-state index contributed by atoms with van der Waals surface area (Å²) in [5, 5.41) is 2.17. The van der Waals surface area contributed by atoms with Gasteiger partial charge < -0.3 is 60.8 Å². The number of aromatic nitrogens is 6. The molecule has 0 bridgehead atoms. The molecule has 6 aliphatic heterocycles. The van der Waals surface area contributed by atoms with Crippen LogP contribution in [0.2, 0.25) is 10.0 Å². The maximum atomic E-state index is 15.3. The number of piperazine rings is 3. The summed E-state index contributed by atoms with van der Waals surface area (Å²) in [6.07, 6.45) is 3.08. The van der Waals surface area contributed by atoms with Crippen molar-refractivity contribution in [2.24, 2.45) is 17.2 Å². The maximum absolute atomic E-state index is 15.3. The monoisotopic (exact) mass is 1760 g/mol. The van der Waals surface area contributed by atoms with Crippen molar-refractivity contribution in [3.05, 3.63) is 192 Å². The molecule has 34 heteroatoms. The van der Waals surface area contributed by atoms with Gasteiger partial charge in [0.25, 0.3) is 0 Å². The number of carbonyl (C=O) groups excluding carboxylic acids is 3. The summed E-state index contributed by atoms with van der Waals surface area (Å²) in [6, 6.07) is 15.4. The van der Waals surface area contributed by atoms with Gasteiger partial charge >= 0.3 is 17.1 Å². The lowest BCUT2D eigenvalue weighted by Crippen LogP contribution is -2.58. The highest BCUT2D eigenvalue weighted by Gasteiger charge is 2.40. The van der Waals surface area contributed by atoms with Crippen LogP contribution in [0.25, 0.3) is 66.1 Å². The average Bonchev–Trinajstić information content (AvgIpc) is 1.72. The average molecular weight is 1760 g/mol. The molecule has 24 nitrogen and oxygen atoms in total. The van der Waals surface area contributed by atoms with E-state index in [9.17, 15) is 41.9 Å². The van der Waals surface area contributed by atoms with E-state index in [-0.39, 0.29) is 112 Å². The van der Waals surface area contributed by atoms with Gasteiger partial charge in [0.2, 0.25) is 17.7 Å². The van der Waals surface area contributed by atoms with E-state index in [1.54, 1.807) is 47.4 Å². The molecule has 3 amide bonds. The third-order valence-corrected chi connectivity index (χ3v) is 26.9. The first-order chi connectivity index (χ1) is 57.8. The fourth-order valence-electron chi connectivity index (χ4n) is 17.7. The Morgan fingerprint density at radius 1 is 0.438 bits per heavy atom. The Bertz CT molecular complexity index is 5750. The van der Waals surface area contributed by atoms with Gasteiger partial charge in [-0.05, 0) is 151 Å². The molecule has 3 aromatic heterocycles. The van der Waals surface area contributed by atoms with Crippen LogP contribution in [0.1, 0.15) is 58.2 Å². The molecule has 6 aromatic carbocycles. The Hall–Kier alpha value is -9.19. The molecule has 0 spiro atoms. The number of aryl methyl sites for hydroxylation is 3.